The average molecular weight is 220 g/mol. The highest BCUT2D eigenvalue weighted by molar-refractivity contribution is 7.44. The molecular formula is C5H9Cl3OSi. The molecule has 0 saturated heterocycles. The van der Waals surface area contributed by atoms with Crippen LogP contribution in [0.5, 0.6) is 0 Å². The first-order chi connectivity index (χ1) is 4.42. The largest absolute Gasteiger partial charge is 0.281 e. The normalized spacial score (nSPS) is 11.6. The maximum Gasteiger partial charge on any atom is 0.248 e. The van der Waals surface area contributed by atoms with Crippen LogP contribution in [0.15, 0.2) is 0 Å². The summed E-state index contributed by atoms with van der Waals surface area (Å²) in [6.07, 6.45) is 1.08. The molecule has 0 aromatic carbocycles. The van der Waals surface area contributed by atoms with Gasteiger partial charge in [0.05, 0.1) is 0 Å². The Balaban J connectivity index is 3.29. The molecule has 0 aliphatic rings. The lowest BCUT2D eigenvalue weighted by Crippen LogP contribution is -2.11. The van der Waals surface area contributed by atoms with Crippen LogP contribution in [0.2, 0.25) is 12.6 Å². The highest BCUT2D eigenvalue weighted by Crippen LogP contribution is 2.22. The molecule has 1 nitrogen and oxygen atoms in total. The van der Waals surface area contributed by atoms with Crippen LogP contribution in [-0.2, 0) is 4.79 Å². The fraction of sp³-hybridized carbons (Fsp3) is 0.800. The molecule has 5 heteroatoms. The smallest absolute Gasteiger partial charge is 0.248 e. The van der Waals surface area contributed by atoms with E-state index in [4.69, 9.17) is 33.8 Å². The van der Waals surface area contributed by atoms with E-state index in [1.165, 1.54) is 0 Å². The van der Waals surface area contributed by atoms with Crippen molar-refractivity contribution in [3.8, 4) is 0 Å². The van der Waals surface area contributed by atoms with Crippen LogP contribution in [0.25, 0.3) is 0 Å². The van der Waals surface area contributed by atoms with Gasteiger partial charge in [-0.3, -0.25) is 4.79 Å². The summed E-state index contributed by atoms with van der Waals surface area (Å²) in [7, 11) is 0. The van der Waals surface area contributed by atoms with Gasteiger partial charge in [-0.15, -0.1) is 22.2 Å². The fourth-order valence-corrected chi connectivity index (χ4v) is 2.27. The van der Waals surface area contributed by atoms with E-state index < -0.39 is 6.69 Å². The Morgan fingerprint density at radius 3 is 2.30 bits per heavy atom. The van der Waals surface area contributed by atoms with Crippen LogP contribution in [0.3, 0.4) is 0 Å². The maximum absolute atomic E-state index is 10.2. The Bertz CT molecular complexity index is 121. The summed E-state index contributed by atoms with van der Waals surface area (Å²) in [6, 6.07) is 0.731. The maximum atomic E-state index is 10.2. The molecule has 0 amide bonds. The zero-order valence-corrected chi connectivity index (χ0v) is 8.93. The van der Waals surface area contributed by atoms with Gasteiger partial charge in [-0.25, -0.2) is 0 Å². The molecule has 0 rings (SSSR count). The van der Waals surface area contributed by atoms with Crippen molar-refractivity contribution in [2.75, 3.05) is 0 Å². The van der Waals surface area contributed by atoms with Gasteiger partial charge >= 0.3 is 0 Å². The summed E-state index contributed by atoms with van der Waals surface area (Å²) < 4.78 is 0. The van der Waals surface area contributed by atoms with Crippen LogP contribution in [-0.4, -0.2) is 11.9 Å². The van der Waals surface area contributed by atoms with Crippen molar-refractivity contribution < 1.29 is 4.79 Å². The third-order valence-electron chi connectivity index (χ3n) is 0.989. The van der Waals surface area contributed by atoms with Crippen molar-refractivity contribution in [3.63, 3.8) is 0 Å². The molecule has 0 aliphatic carbocycles. The van der Waals surface area contributed by atoms with E-state index in [1.807, 2.05) is 6.55 Å². The van der Waals surface area contributed by atoms with E-state index >= 15 is 0 Å². The average Bonchev–Trinajstić information content (AvgIpc) is 1.59. The summed E-state index contributed by atoms with van der Waals surface area (Å²) in [6.45, 7) is -0.162. The Morgan fingerprint density at radius 2 is 2.00 bits per heavy atom. The van der Waals surface area contributed by atoms with E-state index in [-0.39, 0.29) is 5.24 Å². The van der Waals surface area contributed by atoms with Gasteiger partial charge in [0.25, 0.3) is 0 Å². The Morgan fingerprint density at radius 1 is 1.50 bits per heavy atom. The quantitative estimate of drug-likeness (QED) is 0.403. The lowest BCUT2D eigenvalue weighted by molar-refractivity contribution is -0.111. The molecule has 0 aromatic rings. The Hall–Kier alpha value is 0.757. The summed E-state index contributed by atoms with van der Waals surface area (Å²) in [5.74, 6) is 0. The molecular weight excluding hydrogens is 210 g/mol. The standard InChI is InChI=1S/C5H9Cl3OSi/c1-10(7,8)4-2-3-5(6)9/h2-4H2,1H3. The molecule has 0 saturated carbocycles. The number of carbonyl (C=O) groups is 1. The SMILES string of the molecule is C[Si](Cl)(Cl)CCCC(=O)Cl. The molecule has 0 heterocycles. The van der Waals surface area contributed by atoms with Crippen LogP contribution in [0.1, 0.15) is 12.8 Å². The van der Waals surface area contributed by atoms with Crippen molar-refractivity contribution in [2.45, 2.75) is 25.4 Å². The van der Waals surface area contributed by atoms with Gasteiger partial charge in [0, 0.05) is 6.42 Å². The highest BCUT2D eigenvalue weighted by atomic mass is 35.7. The second-order valence-electron chi connectivity index (χ2n) is 2.28. The van der Waals surface area contributed by atoms with E-state index in [0.29, 0.717) is 12.8 Å². The van der Waals surface area contributed by atoms with E-state index in [1.54, 1.807) is 0 Å². The summed E-state index contributed by atoms with van der Waals surface area (Å²) >= 11 is 16.6. The topological polar surface area (TPSA) is 17.1 Å². The monoisotopic (exact) mass is 218 g/mol. The van der Waals surface area contributed by atoms with Gasteiger partial charge < -0.3 is 0 Å². The molecule has 0 N–H and O–H groups in total. The van der Waals surface area contributed by atoms with E-state index in [0.717, 1.165) is 6.04 Å². The first-order valence-electron chi connectivity index (χ1n) is 2.98. The van der Waals surface area contributed by atoms with E-state index in [2.05, 4.69) is 0 Å². The lowest BCUT2D eigenvalue weighted by Gasteiger charge is -2.07. The predicted octanol–water partition coefficient (Wildman–Crippen LogP) is 3.08. The van der Waals surface area contributed by atoms with E-state index in [9.17, 15) is 4.79 Å². The molecule has 0 radical (unpaired) electrons. The minimum atomic E-state index is -1.99. The molecule has 0 bridgehead atoms. The van der Waals surface area contributed by atoms with Crippen LogP contribution >= 0.6 is 33.8 Å². The van der Waals surface area contributed by atoms with Crippen molar-refractivity contribution in [2.24, 2.45) is 0 Å². The van der Waals surface area contributed by atoms with Crippen LogP contribution in [0.4, 0.5) is 0 Å². The number of carbonyl (C=O) groups excluding carboxylic acids is 1. The third kappa shape index (κ3) is 8.76. The zero-order chi connectivity index (χ0) is 8.20. The van der Waals surface area contributed by atoms with Gasteiger partial charge in [-0.1, -0.05) is 0 Å². The molecule has 10 heavy (non-hydrogen) atoms. The second-order valence-corrected chi connectivity index (χ2v) is 10.9. The molecule has 0 fully saturated rings. The highest BCUT2D eigenvalue weighted by Gasteiger charge is 2.19. The molecule has 0 aromatic heterocycles. The van der Waals surface area contributed by atoms with Gasteiger partial charge in [0.2, 0.25) is 11.9 Å². The number of hydrogen-bond donors (Lipinski definition) is 0. The third-order valence-corrected chi connectivity index (χ3v) is 3.54. The number of hydrogen-bond acceptors (Lipinski definition) is 1. The molecule has 60 valence electrons. The minimum absolute atomic E-state index is 0.313. The van der Waals surface area contributed by atoms with Crippen molar-refractivity contribution in [1.29, 1.82) is 0 Å². The molecule has 0 atom stereocenters. The van der Waals surface area contributed by atoms with Crippen LogP contribution in [0, 0.1) is 0 Å². The number of rotatable bonds is 4. The van der Waals surface area contributed by atoms with Crippen molar-refractivity contribution >= 4 is 45.7 Å². The predicted molar refractivity (Wildman–Crippen MR) is 48.2 cm³/mol. The molecule has 0 aliphatic heterocycles. The second kappa shape index (κ2) is 4.60. The first-order valence-corrected chi connectivity index (χ1v) is 8.09. The zero-order valence-electron chi connectivity index (χ0n) is 5.66. The van der Waals surface area contributed by atoms with Gasteiger partial charge in [-0.05, 0) is 30.6 Å². The number of halogens is 3. The Labute approximate surface area is 76.1 Å². The lowest BCUT2D eigenvalue weighted by atomic mass is 10.4. The van der Waals surface area contributed by atoms with Gasteiger partial charge in [0.15, 0.2) is 0 Å². The minimum Gasteiger partial charge on any atom is -0.281 e. The van der Waals surface area contributed by atoms with Crippen molar-refractivity contribution in [1.82, 2.24) is 0 Å². The van der Waals surface area contributed by atoms with Crippen molar-refractivity contribution in [3.05, 3.63) is 0 Å². The summed E-state index contributed by atoms with van der Waals surface area (Å²) in [5, 5.41) is -0.313. The Kier molecular flexibility index (Phi) is 4.95. The molecule has 0 unspecified atom stereocenters. The summed E-state index contributed by atoms with van der Waals surface area (Å²) in [5.41, 5.74) is 0. The van der Waals surface area contributed by atoms with Gasteiger partial charge in [0.1, 0.15) is 0 Å². The summed E-state index contributed by atoms with van der Waals surface area (Å²) in [4.78, 5) is 10.2. The first kappa shape index (κ1) is 10.8. The van der Waals surface area contributed by atoms with Gasteiger partial charge in [-0.2, -0.15) is 0 Å². The molecule has 0 spiro atoms. The van der Waals surface area contributed by atoms with Crippen LogP contribution < -0.4 is 0 Å². The fourth-order valence-electron chi connectivity index (χ4n) is 0.538.